The van der Waals surface area contributed by atoms with Crippen molar-refractivity contribution >= 4 is 69.5 Å². The Kier molecular flexibility index (Phi) is 4.76. The van der Waals surface area contributed by atoms with Crippen molar-refractivity contribution in [3.8, 4) is 0 Å². The number of amides is 1. The number of imidazole rings is 1. The van der Waals surface area contributed by atoms with E-state index in [4.69, 9.17) is 52.1 Å². The molecular weight excluding hydrogens is 378 g/mol. The first-order valence-electron chi connectivity index (χ1n) is 5.87. The SMILES string of the molecule is CCN(C(=O)O)C(Cl)(C(Cl)Cl)n1cnc2c(N)nc(Cl)nc21. The molecule has 0 aliphatic heterocycles. The Balaban J connectivity index is 2.76. The predicted molar refractivity (Wildman–Crippen MR) is 84.5 cm³/mol. The zero-order valence-electron chi connectivity index (χ0n) is 11.0. The number of nitrogens with two attached hydrogens (primary N) is 1. The molecular formula is C10H10Cl4N6O2. The molecule has 22 heavy (non-hydrogen) atoms. The summed E-state index contributed by atoms with van der Waals surface area (Å²) in [5, 5.41) is 7.31. The van der Waals surface area contributed by atoms with Gasteiger partial charge in [-0.25, -0.2) is 9.78 Å². The van der Waals surface area contributed by atoms with Gasteiger partial charge < -0.3 is 10.8 Å². The van der Waals surface area contributed by atoms with E-state index in [0.717, 1.165) is 4.90 Å². The van der Waals surface area contributed by atoms with Crippen molar-refractivity contribution in [2.45, 2.75) is 16.9 Å². The van der Waals surface area contributed by atoms with Crippen LogP contribution in [0.1, 0.15) is 6.92 Å². The molecule has 0 saturated heterocycles. The van der Waals surface area contributed by atoms with E-state index in [-0.39, 0.29) is 28.8 Å². The van der Waals surface area contributed by atoms with Gasteiger partial charge in [0.2, 0.25) is 10.4 Å². The zero-order valence-corrected chi connectivity index (χ0v) is 14.1. The molecule has 8 nitrogen and oxygen atoms in total. The Morgan fingerprint density at radius 2 is 2.18 bits per heavy atom. The summed E-state index contributed by atoms with van der Waals surface area (Å²) in [6.07, 6.45) is -0.0960. The second-order valence-electron chi connectivity index (χ2n) is 4.13. The van der Waals surface area contributed by atoms with Gasteiger partial charge in [-0.15, -0.1) is 0 Å². The van der Waals surface area contributed by atoms with Crippen LogP contribution < -0.4 is 5.73 Å². The standard InChI is InChI=1S/C10H10Cl4N6O2/c1-2-19(9(21)22)10(14,7(11)12)20-3-16-4-5(15)17-8(13)18-6(4)20/h3,7H,2H2,1H3,(H,21,22)(H2,15,17,18). The Labute approximate surface area is 144 Å². The van der Waals surface area contributed by atoms with Gasteiger partial charge in [0.05, 0.1) is 0 Å². The number of fused-ring (bicyclic) bond motifs is 1. The highest BCUT2D eigenvalue weighted by atomic mass is 35.5. The first-order chi connectivity index (χ1) is 10.2. The molecule has 1 amide bonds. The maximum Gasteiger partial charge on any atom is 0.410 e. The van der Waals surface area contributed by atoms with Gasteiger partial charge in [-0.2, -0.15) is 9.97 Å². The molecule has 0 radical (unpaired) electrons. The van der Waals surface area contributed by atoms with Gasteiger partial charge in [0.25, 0.3) is 0 Å². The molecule has 0 aromatic carbocycles. The molecule has 0 saturated carbocycles. The highest BCUT2D eigenvalue weighted by Crippen LogP contribution is 2.39. The van der Waals surface area contributed by atoms with E-state index in [2.05, 4.69) is 15.0 Å². The minimum Gasteiger partial charge on any atom is -0.465 e. The summed E-state index contributed by atoms with van der Waals surface area (Å²) in [4.78, 5) is 22.7. The summed E-state index contributed by atoms with van der Waals surface area (Å²) < 4.78 is 1.19. The molecule has 1 unspecified atom stereocenters. The lowest BCUT2D eigenvalue weighted by atomic mass is 10.4. The molecule has 2 aromatic rings. The van der Waals surface area contributed by atoms with E-state index in [1.54, 1.807) is 6.92 Å². The van der Waals surface area contributed by atoms with E-state index in [1.807, 2.05) is 0 Å². The van der Waals surface area contributed by atoms with Crippen LogP contribution in [0.15, 0.2) is 6.33 Å². The summed E-state index contributed by atoms with van der Waals surface area (Å²) >= 11 is 24.1. The number of nitrogens with zero attached hydrogens (tertiary/aromatic N) is 5. The third kappa shape index (κ3) is 2.60. The van der Waals surface area contributed by atoms with E-state index < -0.39 is 16.1 Å². The molecule has 120 valence electrons. The Hall–Kier alpha value is -1.22. The van der Waals surface area contributed by atoms with Gasteiger partial charge in [-0.05, 0) is 18.5 Å². The first kappa shape index (κ1) is 17.1. The topological polar surface area (TPSA) is 110 Å². The average molecular weight is 388 g/mol. The van der Waals surface area contributed by atoms with Gasteiger partial charge in [-0.1, -0.05) is 34.8 Å². The van der Waals surface area contributed by atoms with Crippen molar-refractivity contribution < 1.29 is 9.90 Å². The molecule has 0 fully saturated rings. The highest BCUT2D eigenvalue weighted by Gasteiger charge is 2.46. The molecule has 12 heteroatoms. The van der Waals surface area contributed by atoms with Crippen molar-refractivity contribution in [1.82, 2.24) is 24.4 Å². The van der Waals surface area contributed by atoms with Gasteiger partial charge in [0.15, 0.2) is 16.3 Å². The lowest BCUT2D eigenvalue weighted by molar-refractivity contribution is 0.0914. The van der Waals surface area contributed by atoms with Crippen molar-refractivity contribution in [3.05, 3.63) is 11.6 Å². The van der Waals surface area contributed by atoms with Gasteiger partial charge in [-0.3, -0.25) is 9.47 Å². The van der Waals surface area contributed by atoms with Crippen LogP contribution in [0.5, 0.6) is 0 Å². The number of carboxylic acid groups (broad SMARTS) is 1. The molecule has 2 aromatic heterocycles. The molecule has 0 aliphatic carbocycles. The van der Waals surface area contributed by atoms with Gasteiger partial charge >= 0.3 is 6.09 Å². The number of aromatic nitrogens is 4. The van der Waals surface area contributed by atoms with E-state index in [9.17, 15) is 9.90 Å². The Morgan fingerprint density at radius 3 is 2.68 bits per heavy atom. The number of halogens is 4. The lowest BCUT2D eigenvalue weighted by Crippen LogP contribution is -2.53. The monoisotopic (exact) mass is 386 g/mol. The van der Waals surface area contributed by atoms with Crippen molar-refractivity contribution in [1.29, 1.82) is 0 Å². The number of hydrogen-bond donors (Lipinski definition) is 2. The minimum atomic E-state index is -1.89. The van der Waals surface area contributed by atoms with Crippen molar-refractivity contribution in [2.24, 2.45) is 0 Å². The third-order valence-electron chi connectivity index (χ3n) is 2.94. The number of alkyl halides is 3. The molecule has 0 spiro atoms. The summed E-state index contributed by atoms with van der Waals surface area (Å²) in [6.45, 7) is 1.60. The lowest BCUT2D eigenvalue weighted by Gasteiger charge is -2.38. The third-order valence-corrected chi connectivity index (χ3v) is 4.54. The molecule has 0 bridgehead atoms. The van der Waals surface area contributed by atoms with Crippen LogP contribution in [0.25, 0.3) is 11.2 Å². The first-order valence-corrected chi connectivity index (χ1v) is 7.50. The molecule has 1 atom stereocenters. The summed E-state index contributed by atoms with van der Waals surface area (Å²) in [7, 11) is 0. The van der Waals surface area contributed by atoms with Crippen LogP contribution in [0.4, 0.5) is 10.6 Å². The number of carbonyl (C=O) groups is 1. The van der Waals surface area contributed by atoms with Crippen LogP contribution in [0.2, 0.25) is 5.28 Å². The second kappa shape index (κ2) is 6.11. The van der Waals surface area contributed by atoms with Crippen molar-refractivity contribution in [2.75, 3.05) is 12.3 Å². The van der Waals surface area contributed by atoms with Crippen molar-refractivity contribution in [3.63, 3.8) is 0 Å². The maximum absolute atomic E-state index is 11.5. The molecule has 2 heterocycles. The number of anilines is 1. The van der Waals surface area contributed by atoms with Crippen LogP contribution in [-0.4, -0.2) is 47.0 Å². The zero-order chi connectivity index (χ0) is 16.7. The Morgan fingerprint density at radius 1 is 1.55 bits per heavy atom. The van der Waals surface area contributed by atoms with Crippen LogP contribution in [0.3, 0.4) is 0 Å². The fourth-order valence-electron chi connectivity index (χ4n) is 1.97. The molecule has 0 aliphatic rings. The normalized spacial score (nSPS) is 14.3. The fraction of sp³-hybridized carbons (Fsp3) is 0.400. The van der Waals surface area contributed by atoms with Crippen LogP contribution in [0, 0.1) is 0 Å². The fourth-order valence-corrected chi connectivity index (χ4v) is 2.90. The molecule has 2 rings (SSSR count). The smallest absolute Gasteiger partial charge is 0.410 e. The minimum absolute atomic E-state index is 0.0166. The number of rotatable bonds is 4. The number of nitrogen functional groups attached to an aromatic ring is 1. The quantitative estimate of drug-likeness (QED) is 0.474. The van der Waals surface area contributed by atoms with E-state index >= 15 is 0 Å². The summed E-state index contributed by atoms with van der Waals surface area (Å²) in [5.74, 6) is 0.0202. The van der Waals surface area contributed by atoms with Crippen LogP contribution in [-0.2, 0) is 5.12 Å². The summed E-state index contributed by atoms with van der Waals surface area (Å²) in [6, 6.07) is 0. The maximum atomic E-state index is 11.5. The molecule has 3 N–H and O–H groups in total. The van der Waals surface area contributed by atoms with E-state index in [0.29, 0.717) is 0 Å². The van der Waals surface area contributed by atoms with Crippen LogP contribution >= 0.6 is 46.4 Å². The predicted octanol–water partition coefficient (Wildman–Crippen LogP) is 2.71. The number of hydrogen-bond acceptors (Lipinski definition) is 5. The van der Waals surface area contributed by atoms with Gasteiger partial charge in [0.1, 0.15) is 11.8 Å². The van der Waals surface area contributed by atoms with Gasteiger partial charge in [0, 0.05) is 6.54 Å². The Bertz CT molecular complexity index is 723. The second-order valence-corrected chi connectivity index (χ2v) is 6.12. The highest BCUT2D eigenvalue weighted by molar-refractivity contribution is 6.49. The average Bonchev–Trinajstić information content (AvgIpc) is 2.82. The largest absolute Gasteiger partial charge is 0.465 e. The summed E-state index contributed by atoms with van der Waals surface area (Å²) in [5.41, 5.74) is 6.02. The van der Waals surface area contributed by atoms with E-state index in [1.165, 1.54) is 10.9 Å².